The molecule has 2 nitrogen and oxygen atoms in total. The minimum Gasteiger partial charge on any atom is -0.387 e. The molecule has 0 aliphatic rings. The van der Waals surface area contributed by atoms with Gasteiger partial charge in [-0.15, -0.1) is 0 Å². The van der Waals surface area contributed by atoms with Crippen LogP contribution in [0.5, 0.6) is 0 Å². The number of aliphatic hydroxyl groups excluding tert-OH is 1. The highest BCUT2D eigenvalue weighted by Crippen LogP contribution is 2.19. The van der Waals surface area contributed by atoms with Gasteiger partial charge in [0.25, 0.3) is 0 Å². The van der Waals surface area contributed by atoms with Crippen molar-refractivity contribution in [2.75, 3.05) is 6.54 Å². The second-order valence-corrected chi connectivity index (χ2v) is 4.87. The van der Waals surface area contributed by atoms with Crippen molar-refractivity contribution in [1.29, 1.82) is 0 Å². The Kier molecular flexibility index (Phi) is 4.98. The summed E-state index contributed by atoms with van der Waals surface area (Å²) in [5, 5.41) is 12.9. The average Bonchev–Trinajstić information content (AvgIpc) is 2.44. The second kappa shape index (κ2) is 6.74. The maximum Gasteiger partial charge on any atom is 0.131 e. The van der Waals surface area contributed by atoms with Crippen molar-refractivity contribution in [1.82, 2.24) is 5.32 Å². The fourth-order valence-electron chi connectivity index (χ4n) is 2.06. The number of aliphatic hydroxyl groups is 1. The fraction of sp³-hybridized carbons (Fsp3) is 0.250. The van der Waals surface area contributed by atoms with Gasteiger partial charge >= 0.3 is 0 Å². The van der Waals surface area contributed by atoms with Crippen molar-refractivity contribution >= 4 is 0 Å². The lowest BCUT2D eigenvalue weighted by molar-refractivity contribution is 0.166. The summed E-state index contributed by atoms with van der Waals surface area (Å²) in [6.07, 6.45) is -1.11. The molecule has 112 valence electrons. The Balaban J connectivity index is 1.99. The molecule has 2 aromatic rings. The van der Waals surface area contributed by atoms with E-state index in [0.717, 1.165) is 17.7 Å². The Morgan fingerprint density at radius 1 is 1.05 bits per heavy atom. The van der Waals surface area contributed by atoms with Gasteiger partial charge in [-0.3, -0.25) is 0 Å². The molecule has 1 unspecified atom stereocenters. The monoisotopic (exact) mass is 295 g/mol. The molecular formula is C16H16F3NO. The van der Waals surface area contributed by atoms with Crippen molar-refractivity contribution in [3.8, 4) is 0 Å². The smallest absolute Gasteiger partial charge is 0.131 e. The number of halogens is 3. The summed E-state index contributed by atoms with van der Waals surface area (Å²) < 4.78 is 39.5. The molecule has 0 bridgehead atoms. The number of hydrogen-bond acceptors (Lipinski definition) is 2. The first-order valence-corrected chi connectivity index (χ1v) is 6.59. The van der Waals surface area contributed by atoms with Crippen LogP contribution < -0.4 is 5.32 Å². The van der Waals surface area contributed by atoms with Crippen LogP contribution >= 0.6 is 0 Å². The predicted octanol–water partition coefficient (Wildman–Crippen LogP) is 3.49. The zero-order chi connectivity index (χ0) is 15.4. The molecule has 0 fully saturated rings. The third-order valence-corrected chi connectivity index (χ3v) is 3.29. The summed E-state index contributed by atoms with van der Waals surface area (Å²) in [5.74, 6) is -1.82. The lowest BCUT2D eigenvalue weighted by Crippen LogP contribution is -2.25. The van der Waals surface area contributed by atoms with Crippen LogP contribution in [0.15, 0.2) is 42.5 Å². The maximum atomic E-state index is 13.5. The Bertz CT molecular complexity index is 618. The first kappa shape index (κ1) is 15.5. The minimum absolute atomic E-state index is 0.0235. The van der Waals surface area contributed by atoms with Gasteiger partial charge in [-0.25, -0.2) is 13.2 Å². The van der Waals surface area contributed by atoms with E-state index in [4.69, 9.17) is 0 Å². The molecule has 0 saturated heterocycles. The molecule has 0 aliphatic carbocycles. The fourth-order valence-corrected chi connectivity index (χ4v) is 2.06. The number of rotatable bonds is 5. The Labute approximate surface area is 121 Å². The van der Waals surface area contributed by atoms with Crippen LogP contribution in [-0.2, 0) is 0 Å². The van der Waals surface area contributed by atoms with Gasteiger partial charge in [0, 0.05) is 24.2 Å². The predicted molar refractivity (Wildman–Crippen MR) is 74.1 cm³/mol. The van der Waals surface area contributed by atoms with Crippen molar-refractivity contribution < 1.29 is 18.3 Å². The number of hydrogen-bond donors (Lipinski definition) is 2. The third kappa shape index (κ3) is 4.06. The van der Waals surface area contributed by atoms with E-state index in [1.165, 1.54) is 18.2 Å². The molecule has 0 aromatic heterocycles. The summed E-state index contributed by atoms with van der Waals surface area (Å²) in [5.41, 5.74) is 0.747. The van der Waals surface area contributed by atoms with E-state index in [1.54, 1.807) is 12.1 Å². The van der Waals surface area contributed by atoms with E-state index in [-0.39, 0.29) is 24.0 Å². The van der Waals surface area contributed by atoms with Gasteiger partial charge in [0.05, 0.1) is 6.10 Å². The molecule has 0 aliphatic heterocycles. The normalized spacial score (nSPS) is 14.0. The summed E-state index contributed by atoms with van der Waals surface area (Å²) in [4.78, 5) is 0. The zero-order valence-corrected chi connectivity index (χ0v) is 11.5. The molecule has 2 rings (SSSR count). The summed E-state index contributed by atoms with van der Waals surface area (Å²) >= 11 is 0. The molecular weight excluding hydrogens is 279 g/mol. The Hall–Kier alpha value is -1.85. The van der Waals surface area contributed by atoms with Crippen molar-refractivity contribution in [2.45, 2.75) is 19.1 Å². The average molecular weight is 295 g/mol. The van der Waals surface area contributed by atoms with E-state index in [1.807, 2.05) is 6.92 Å². The Morgan fingerprint density at radius 3 is 2.43 bits per heavy atom. The first-order chi connectivity index (χ1) is 9.97. The molecule has 0 amide bonds. The van der Waals surface area contributed by atoms with Gasteiger partial charge < -0.3 is 10.4 Å². The van der Waals surface area contributed by atoms with Crippen LogP contribution in [0.25, 0.3) is 0 Å². The van der Waals surface area contributed by atoms with Crippen LogP contribution in [-0.4, -0.2) is 11.7 Å². The molecule has 2 aromatic carbocycles. The van der Waals surface area contributed by atoms with Crippen molar-refractivity contribution in [3.63, 3.8) is 0 Å². The molecule has 0 heterocycles. The molecule has 21 heavy (non-hydrogen) atoms. The summed E-state index contributed by atoms with van der Waals surface area (Å²) in [7, 11) is 0. The molecule has 0 saturated carbocycles. The summed E-state index contributed by atoms with van der Waals surface area (Å²) in [6, 6.07) is 8.92. The van der Waals surface area contributed by atoms with Crippen LogP contribution in [0.4, 0.5) is 13.2 Å². The molecule has 0 spiro atoms. The van der Waals surface area contributed by atoms with Gasteiger partial charge in [-0.2, -0.15) is 0 Å². The lowest BCUT2D eigenvalue weighted by atomic mass is 10.1. The van der Waals surface area contributed by atoms with Crippen LogP contribution in [0, 0.1) is 17.5 Å². The van der Waals surface area contributed by atoms with Crippen LogP contribution in [0.1, 0.15) is 30.2 Å². The van der Waals surface area contributed by atoms with Crippen LogP contribution in [0.3, 0.4) is 0 Å². The third-order valence-electron chi connectivity index (χ3n) is 3.29. The van der Waals surface area contributed by atoms with E-state index < -0.39 is 17.7 Å². The highest BCUT2D eigenvalue weighted by Gasteiger charge is 2.15. The lowest BCUT2D eigenvalue weighted by Gasteiger charge is -2.18. The standard InChI is InChI=1S/C16H16F3NO/c1-10(11-3-2-4-12(17)7-11)20-9-16(21)14-6-5-13(18)8-15(14)19/h2-8,10,16,20-21H,9H2,1H3/t10-,16?/m1/s1. The number of benzene rings is 2. The Morgan fingerprint density at radius 2 is 1.76 bits per heavy atom. The zero-order valence-electron chi connectivity index (χ0n) is 11.5. The van der Waals surface area contributed by atoms with E-state index in [2.05, 4.69) is 5.32 Å². The second-order valence-electron chi connectivity index (χ2n) is 4.87. The topological polar surface area (TPSA) is 32.3 Å². The maximum absolute atomic E-state index is 13.5. The molecule has 2 atom stereocenters. The van der Waals surface area contributed by atoms with Gasteiger partial charge in [0.2, 0.25) is 0 Å². The largest absolute Gasteiger partial charge is 0.387 e. The highest BCUT2D eigenvalue weighted by atomic mass is 19.1. The van der Waals surface area contributed by atoms with Gasteiger partial charge in [0.15, 0.2) is 0 Å². The highest BCUT2D eigenvalue weighted by molar-refractivity contribution is 5.22. The molecule has 0 radical (unpaired) electrons. The molecule has 5 heteroatoms. The van der Waals surface area contributed by atoms with Crippen molar-refractivity contribution in [3.05, 3.63) is 71.0 Å². The quantitative estimate of drug-likeness (QED) is 0.885. The SMILES string of the molecule is C[C@@H](NCC(O)c1ccc(F)cc1F)c1cccc(F)c1. The number of nitrogens with one attached hydrogen (secondary N) is 1. The van der Waals surface area contributed by atoms with Gasteiger partial charge in [0.1, 0.15) is 17.5 Å². The minimum atomic E-state index is -1.11. The van der Waals surface area contributed by atoms with E-state index in [0.29, 0.717) is 0 Å². The van der Waals surface area contributed by atoms with E-state index >= 15 is 0 Å². The first-order valence-electron chi connectivity index (χ1n) is 6.59. The van der Waals surface area contributed by atoms with Crippen LogP contribution in [0.2, 0.25) is 0 Å². The van der Waals surface area contributed by atoms with Crippen molar-refractivity contribution in [2.24, 2.45) is 0 Å². The summed E-state index contributed by atoms with van der Waals surface area (Å²) in [6.45, 7) is 1.88. The molecule has 2 N–H and O–H groups in total. The van der Waals surface area contributed by atoms with Gasteiger partial charge in [-0.05, 0) is 30.7 Å². The van der Waals surface area contributed by atoms with E-state index in [9.17, 15) is 18.3 Å². The van der Waals surface area contributed by atoms with Gasteiger partial charge in [-0.1, -0.05) is 18.2 Å².